The lowest BCUT2D eigenvalue weighted by atomic mass is 9.92. The second kappa shape index (κ2) is 7.49. The standard InChI is InChI=1S/C20H30N4/c1-16-12-24(13-18-8-6-5-7-9-18)11-10-20(16)22(3)14-19-15-23(4)21-17(19)2/h5-9,15-16,20H,10-14H2,1-4H3/t16-,20-/m0/s1. The van der Waals surface area contributed by atoms with Gasteiger partial charge in [-0.15, -0.1) is 0 Å². The molecule has 2 heterocycles. The third-order valence-electron chi connectivity index (χ3n) is 5.29. The summed E-state index contributed by atoms with van der Waals surface area (Å²) >= 11 is 0. The summed E-state index contributed by atoms with van der Waals surface area (Å²) in [6.45, 7) is 8.93. The van der Waals surface area contributed by atoms with Gasteiger partial charge in [-0.2, -0.15) is 5.10 Å². The molecule has 2 atom stereocenters. The number of benzene rings is 1. The molecule has 1 fully saturated rings. The van der Waals surface area contributed by atoms with Crippen molar-refractivity contribution < 1.29 is 0 Å². The lowest BCUT2D eigenvalue weighted by Crippen LogP contribution is -2.48. The summed E-state index contributed by atoms with van der Waals surface area (Å²) in [5.41, 5.74) is 3.92. The first kappa shape index (κ1) is 17.2. The topological polar surface area (TPSA) is 24.3 Å². The third kappa shape index (κ3) is 4.05. The van der Waals surface area contributed by atoms with E-state index >= 15 is 0 Å². The SMILES string of the molecule is Cc1nn(C)cc1CN(C)[C@H]1CCN(Cc2ccccc2)C[C@@H]1C. The van der Waals surface area contributed by atoms with Crippen molar-refractivity contribution in [1.29, 1.82) is 0 Å². The van der Waals surface area contributed by atoms with Crippen LogP contribution in [0.15, 0.2) is 36.5 Å². The highest BCUT2D eigenvalue weighted by molar-refractivity contribution is 5.16. The highest BCUT2D eigenvalue weighted by Gasteiger charge is 2.29. The van der Waals surface area contributed by atoms with Crippen LogP contribution in [0.3, 0.4) is 0 Å². The molecule has 1 aromatic heterocycles. The highest BCUT2D eigenvalue weighted by atomic mass is 15.3. The molecule has 4 nitrogen and oxygen atoms in total. The third-order valence-corrected chi connectivity index (χ3v) is 5.29. The van der Waals surface area contributed by atoms with E-state index in [1.54, 1.807) is 0 Å². The fourth-order valence-electron chi connectivity index (χ4n) is 4.05. The number of likely N-dealkylation sites (tertiary alicyclic amines) is 1. The molecule has 2 aromatic rings. The van der Waals surface area contributed by atoms with Crippen LogP contribution in [0.25, 0.3) is 0 Å². The van der Waals surface area contributed by atoms with Gasteiger partial charge < -0.3 is 0 Å². The molecular weight excluding hydrogens is 296 g/mol. The van der Waals surface area contributed by atoms with Crippen molar-refractivity contribution >= 4 is 0 Å². The summed E-state index contributed by atoms with van der Waals surface area (Å²) in [6, 6.07) is 11.5. The number of nitrogens with zero attached hydrogens (tertiary/aromatic N) is 4. The van der Waals surface area contributed by atoms with E-state index in [2.05, 4.69) is 72.3 Å². The van der Waals surface area contributed by atoms with Gasteiger partial charge in [0.25, 0.3) is 0 Å². The summed E-state index contributed by atoms with van der Waals surface area (Å²) in [4.78, 5) is 5.12. The van der Waals surface area contributed by atoms with E-state index in [4.69, 9.17) is 0 Å². The number of hydrogen-bond acceptors (Lipinski definition) is 3. The molecule has 1 saturated heterocycles. The van der Waals surface area contributed by atoms with Crippen molar-refractivity contribution in [2.24, 2.45) is 13.0 Å². The highest BCUT2D eigenvalue weighted by Crippen LogP contribution is 2.24. The lowest BCUT2D eigenvalue weighted by molar-refractivity contribution is 0.0718. The van der Waals surface area contributed by atoms with Crippen molar-refractivity contribution in [1.82, 2.24) is 19.6 Å². The molecule has 0 amide bonds. The van der Waals surface area contributed by atoms with Crippen molar-refractivity contribution in [3.05, 3.63) is 53.3 Å². The summed E-state index contributed by atoms with van der Waals surface area (Å²) in [5, 5.41) is 4.47. The molecule has 0 N–H and O–H groups in total. The van der Waals surface area contributed by atoms with E-state index < -0.39 is 0 Å². The average Bonchev–Trinajstić information content (AvgIpc) is 2.86. The lowest BCUT2D eigenvalue weighted by Gasteiger charge is -2.41. The van der Waals surface area contributed by atoms with E-state index in [9.17, 15) is 0 Å². The molecule has 0 aliphatic carbocycles. The van der Waals surface area contributed by atoms with E-state index in [1.165, 1.54) is 30.6 Å². The van der Waals surface area contributed by atoms with Gasteiger partial charge >= 0.3 is 0 Å². The minimum Gasteiger partial charge on any atom is -0.299 e. The number of aryl methyl sites for hydroxylation is 2. The van der Waals surface area contributed by atoms with Gasteiger partial charge in [0.15, 0.2) is 0 Å². The Morgan fingerprint density at radius 3 is 2.62 bits per heavy atom. The van der Waals surface area contributed by atoms with Crippen molar-refractivity contribution in [3.63, 3.8) is 0 Å². The number of aromatic nitrogens is 2. The van der Waals surface area contributed by atoms with Gasteiger partial charge in [-0.1, -0.05) is 37.3 Å². The Morgan fingerprint density at radius 1 is 1.25 bits per heavy atom. The van der Waals surface area contributed by atoms with Crippen LogP contribution in [0.4, 0.5) is 0 Å². The Labute approximate surface area is 146 Å². The van der Waals surface area contributed by atoms with Crippen molar-refractivity contribution in [3.8, 4) is 0 Å². The predicted octanol–water partition coefficient (Wildman–Crippen LogP) is 3.07. The average molecular weight is 326 g/mol. The molecule has 130 valence electrons. The molecule has 0 unspecified atom stereocenters. The molecule has 1 aliphatic rings. The van der Waals surface area contributed by atoms with Gasteiger partial charge in [0.2, 0.25) is 0 Å². The minimum absolute atomic E-state index is 0.650. The van der Waals surface area contributed by atoms with Crippen LogP contribution in [-0.4, -0.2) is 45.8 Å². The monoisotopic (exact) mass is 326 g/mol. The fraction of sp³-hybridized carbons (Fsp3) is 0.550. The zero-order valence-corrected chi connectivity index (χ0v) is 15.4. The molecule has 1 aliphatic heterocycles. The molecule has 1 aromatic carbocycles. The van der Waals surface area contributed by atoms with Crippen molar-refractivity contribution in [2.75, 3.05) is 20.1 Å². The van der Waals surface area contributed by atoms with Crippen LogP contribution in [0.2, 0.25) is 0 Å². The second-order valence-corrected chi connectivity index (χ2v) is 7.38. The van der Waals surface area contributed by atoms with Crippen LogP contribution in [-0.2, 0) is 20.1 Å². The largest absolute Gasteiger partial charge is 0.299 e. The zero-order chi connectivity index (χ0) is 17.1. The smallest absolute Gasteiger partial charge is 0.0638 e. The maximum absolute atomic E-state index is 4.47. The fourth-order valence-corrected chi connectivity index (χ4v) is 4.05. The summed E-state index contributed by atoms with van der Waals surface area (Å²) < 4.78 is 1.92. The summed E-state index contributed by atoms with van der Waals surface area (Å²) in [5.74, 6) is 0.685. The van der Waals surface area contributed by atoms with Gasteiger partial charge in [-0.25, -0.2) is 0 Å². The second-order valence-electron chi connectivity index (χ2n) is 7.38. The predicted molar refractivity (Wildman–Crippen MR) is 98.7 cm³/mol. The zero-order valence-electron chi connectivity index (χ0n) is 15.4. The Kier molecular flexibility index (Phi) is 5.36. The molecule has 0 bridgehead atoms. The summed E-state index contributed by atoms with van der Waals surface area (Å²) in [6.07, 6.45) is 3.39. The van der Waals surface area contributed by atoms with Crippen LogP contribution in [0, 0.1) is 12.8 Å². The van der Waals surface area contributed by atoms with Crippen molar-refractivity contribution in [2.45, 2.75) is 39.4 Å². The Hall–Kier alpha value is -1.65. The van der Waals surface area contributed by atoms with Gasteiger partial charge in [-0.3, -0.25) is 14.5 Å². The maximum Gasteiger partial charge on any atom is 0.0638 e. The Balaban J connectivity index is 1.56. The summed E-state index contributed by atoms with van der Waals surface area (Å²) in [7, 11) is 4.27. The first-order valence-electron chi connectivity index (χ1n) is 8.98. The van der Waals surface area contributed by atoms with Crippen LogP contribution in [0.5, 0.6) is 0 Å². The first-order chi connectivity index (χ1) is 11.5. The van der Waals surface area contributed by atoms with E-state index in [-0.39, 0.29) is 0 Å². The van der Waals surface area contributed by atoms with Gasteiger partial charge in [0.05, 0.1) is 5.69 Å². The number of piperidine rings is 1. The number of rotatable bonds is 5. The van der Waals surface area contributed by atoms with Crippen LogP contribution in [0.1, 0.15) is 30.2 Å². The Bertz CT molecular complexity index is 649. The quantitative estimate of drug-likeness (QED) is 0.844. The van der Waals surface area contributed by atoms with Gasteiger partial charge in [-0.05, 0) is 38.4 Å². The van der Waals surface area contributed by atoms with Crippen LogP contribution >= 0.6 is 0 Å². The van der Waals surface area contributed by atoms with E-state index in [0.717, 1.165) is 18.8 Å². The minimum atomic E-state index is 0.650. The molecule has 0 spiro atoms. The molecule has 0 saturated carbocycles. The normalized spacial score (nSPS) is 22.2. The molecule has 3 rings (SSSR count). The maximum atomic E-state index is 4.47. The number of hydrogen-bond donors (Lipinski definition) is 0. The van der Waals surface area contributed by atoms with Crippen LogP contribution < -0.4 is 0 Å². The first-order valence-corrected chi connectivity index (χ1v) is 8.98. The Morgan fingerprint density at radius 2 is 2.00 bits per heavy atom. The molecule has 4 heteroatoms. The van der Waals surface area contributed by atoms with Gasteiger partial charge in [0.1, 0.15) is 0 Å². The molecule has 24 heavy (non-hydrogen) atoms. The van der Waals surface area contributed by atoms with Gasteiger partial charge in [0, 0.05) is 44.5 Å². The van der Waals surface area contributed by atoms with E-state index in [0.29, 0.717) is 12.0 Å². The molecular formula is C20H30N4. The van der Waals surface area contributed by atoms with E-state index in [1.807, 2.05) is 11.7 Å². The molecule has 0 radical (unpaired) electrons.